The maximum atomic E-state index is 3.23. The standard InChI is InChI=1S/C12H6/c1-2-6-10-9(5-1)11-7-3-4-8-12(10)11/h1-3,6-8H. The molecule has 2 aromatic rings. The van der Waals surface area contributed by atoms with E-state index in [0.717, 1.165) is 0 Å². The minimum absolute atomic E-state index is 1.25. The first-order valence-corrected chi connectivity index (χ1v) is 3.98. The van der Waals surface area contributed by atoms with Crippen molar-refractivity contribution in [3.05, 3.63) is 48.5 Å². The Balaban J connectivity index is 2.34. The lowest BCUT2D eigenvalue weighted by molar-refractivity contribution is 1.51. The molecule has 0 aliphatic heterocycles. The predicted molar refractivity (Wildman–Crippen MR) is 48.5 cm³/mol. The molecule has 0 N–H and O–H groups in total. The molecule has 0 heterocycles. The highest BCUT2D eigenvalue weighted by molar-refractivity contribution is 6.01. The van der Waals surface area contributed by atoms with Gasteiger partial charge in [0.25, 0.3) is 0 Å². The van der Waals surface area contributed by atoms with Crippen molar-refractivity contribution in [2.24, 2.45) is 0 Å². The Morgan fingerprint density at radius 3 is 2.92 bits per heavy atom. The smallest absolute Gasteiger partial charge is 0.00201 e. The van der Waals surface area contributed by atoms with Gasteiger partial charge in [0.05, 0.1) is 0 Å². The third-order valence-corrected chi connectivity index (χ3v) is 2.28. The molecule has 2 aromatic carbocycles. The highest BCUT2D eigenvalue weighted by Gasteiger charge is 2.19. The summed E-state index contributed by atoms with van der Waals surface area (Å²) in [6.45, 7) is 0. The van der Waals surface area contributed by atoms with Crippen molar-refractivity contribution >= 4 is 0 Å². The second-order valence-corrected chi connectivity index (χ2v) is 2.93. The number of hydrogen-bond acceptors (Lipinski definition) is 0. The van der Waals surface area contributed by atoms with Crippen LogP contribution in [0.25, 0.3) is 22.3 Å². The number of hydrogen-bond donors (Lipinski definition) is 0. The fourth-order valence-corrected chi connectivity index (χ4v) is 1.69. The van der Waals surface area contributed by atoms with E-state index in [1.165, 1.54) is 22.3 Å². The van der Waals surface area contributed by atoms with Crippen molar-refractivity contribution in [3.8, 4) is 22.3 Å². The zero-order chi connectivity index (χ0) is 7.97. The lowest BCUT2D eigenvalue weighted by Crippen LogP contribution is -1.96. The number of benzene rings is 2. The summed E-state index contributed by atoms with van der Waals surface area (Å²) in [6.07, 6.45) is 0. The Morgan fingerprint density at radius 1 is 0.917 bits per heavy atom. The molecule has 3 rings (SSSR count). The summed E-state index contributed by atoms with van der Waals surface area (Å²) in [4.78, 5) is 0. The summed E-state index contributed by atoms with van der Waals surface area (Å²) >= 11 is 0. The van der Waals surface area contributed by atoms with Crippen LogP contribution in [-0.4, -0.2) is 0 Å². The molecule has 0 atom stereocenters. The molecule has 1 aliphatic rings. The third-order valence-electron chi connectivity index (χ3n) is 2.28. The number of fused-ring (bicyclic) bond motifs is 4. The Kier molecular flexibility index (Phi) is 0.991. The Morgan fingerprint density at radius 2 is 1.92 bits per heavy atom. The van der Waals surface area contributed by atoms with Gasteiger partial charge in [-0.05, 0) is 40.5 Å². The normalized spacial score (nSPS) is 11.3. The first-order chi connectivity index (χ1) is 5.97. The highest BCUT2D eigenvalue weighted by atomic mass is 14.2. The van der Waals surface area contributed by atoms with Gasteiger partial charge in [0.1, 0.15) is 0 Å². The zero-order valence-electron chi connectivity index (χ0n) is 6.46. The predicted octanol–water partition coefficient (Wildman–Crippen LogP) is 2.93. The molecule has 0 nitrogen and oxygen atoms in total. The first kappa shape index (κ1) is 6.01. The van der Waals surface area contributed by atoms with E-state index in [2.05, 4.69) is 24.3 Å². The molecule has 0 aromatic heterocycles. The molecule has 12 heavy (non-hydrogen) atoms. The van der Waals surface area contributed by atoms with E-state index in [-0.39, 0.29) is 0 Å². The SMILES string of the molecule is [c]1ccc2c(c1)-c1ccc[c]c1-2. The van der Waals surface area contributed by atoms with Gasteiger partial charge in [0.15, 0.2) is 0 Å². The fourth-order valence-electron chi connectivity index (χ4n) is 1.69. The summed E-state index contributed by atoms with van der Waals surface area (Å²) < 4.78 is 0. The molecule has 1 aliphatic carbocycles. The summed E-state index contributed by atoms with van der Waals surface area (Å²) in [7, 11) is 0. The van der Waals surface area contributed by atoms with Crippen LogP contribution in [0, 0.1) is 12.1 Å². The average Bonchev–Trinajstić information content (AvgIpc) is 2.14. The quantitative estimate of drug-likeness (QED) is 0.462. The molecule has 0 amide bonds. The van der Waals surface area contributed by atoms with Crippen LogP contribution in [0.15, 0.2) is 36.4 Å². The van der Waals surface area contributed by atoms with Gasteiger partial charge < -0.3 is 0 Å². The monoisotopic (exact) mass is 150 g/mol. The van der Waals surface area contributed by atoms with E-state index in [9.17, 15) is 0 Å². The van der Waals surface area contributed by atoms with Crippen molar-refractivity contribution in [3.63, 3.8) is 0 Å². The van der Waals surface area contributed by atoms with Crippen LogP contribution >= 0.6 is 0 Å². The van der Waals surface area contributed by atoms with Gasteiger partial charge in [-0.1, -0.05) is 30.3 Å². The number of rotatable bonds is 0. The van der Waals surface area contributed by atoms with Crippen molar-refractivity contribution in [2.45, 2.75) is 0 Å². The maximum Gasteiger partial charge on any atom is -0.00201 e. The average molecular weight is 150 g/mol. The van der Waals surface area contributed by atoms with Gasteiger partial charge in [-0.25, -0.2) is 0 Å². The summed E-state index contributed by atoms with van der Waals surface area (Å²) in [6, 6.07) is 18.5. The minimum atomic E-state index is 1.25. The van der Waals surface area contributed by atoms with Crippen molar-refractivity contribution in [1.82, 2.24) is 0 Å². The van der Waals surface area contributed by atoms with Gasteiger partial charge in [0, 0.05) is 0 Å². The molecule has 0 spiro atoms. The molecular formula is C12H6. The first-order valence-electron chi connectivity index (χ1n) is 3.98. The van der Waals surface area contributed by atoms with Crippen molar-refractivity contribution < 1.29 is 0 Å². The summed E-state index contributed by atoms with van der Waals surface area (Å²) in [5.41, 5.74) is 5.18. The summed E-state index contributed by atoms with van der Waals surface area (Å²) in [5.74, 6) is 0. The molecule has 2 radical (unpaired) electrons. The lowest BCUT2D eigenvalue weighted by atomic mass is 9.81. The van der Waals surface area contributed by atoms with Crippen LogP contribution in [-0.2, 0) is 0 Å². The maximum absolute atomic E-state index is 3.23. The largest absolute Gasteiger partial charge is 0.0610 e. The van der Waals surface area contributed by atoms with Crippen LogP contribution in [0.3, 0.4) is 0 Å². The van der Waals surface area contributed by atoms with E-state index in [0.29, 0.717) is 0 Å². The zero-order valence-corrected chi connectivity index (χ0v) is 6.46. The van der Waals surface area contributed by atoms with E-state index >= 15 is 0 Å². The Hall–Kier alpha value is -1.56. The van der Waals surface area contributed by atoms with Crippen molar-refractivity contribution in [1.29, 1.82) is 0 Å². The van der Waals surface area contributed by atoms with Gasteiger partial charge >= 0.3 is 0 Å². The molecule has 54 valence electrons. The minimum Gasteiger partial charge on any atom is -0.0610 e. The highest BCUT2D eigenvalue weighted by Crippen LogP contribution is 2.45. The van der Waals surface area contributed by atoms with Gasteiger partial charge in [-0.2, -0.15) is 0 Å². The fraction of sp³-hybridized carbons (Fsp3) is 0. The van der Waals surface area contributed by atoms with Crippen LogP contribution in [0.4, 0.5) is 0 Å². The van der Waals surface area contributed by atoms with E-state index in [1.807, 2.05) is 24.3 Å². The van der Waals surface area contributed by atoms with Gasteiger partial charge in [-0.15, -0.1) is 0 Å². The third kappa shape index (κ3) is 0.578. The van der Waals surface area contributed by atoms with E-state index in [1.54, 1.807) is 0 Å². The van der Waals surface area contributed by atoms with Crippen LogP contribution in [0.1, 0.15) is 0 Å². The van der Waals surface area contributed by atoms with Crippen LogP contribution in [0.5, 0.6) is 0 Å². The molecule has 0 bridgehead atoms. The molecule has 0 saturated heterocycles. The summed E-state index contributed by atoms with van der Waals surface area (Å²) in [5, 5.41) is 0. The van der Waals surface area contributed by atoms with E-state index in [4.69, 9.17) is 0 Å². The van der Waals surface area contributed by atoms with Crippen LogP contribution in [0.2, 0.25) is 0 Å². The lowest BCUT2D eigenvalue weighted by Gasteiger charge is -2.22. The Labute approximate surface area is 71.5 Å². The topological polar surface area (TPSA) is 0 Å². The van der Waals surface area contributed by atoms with Gasteiger partial charge in [0.2, 0.25) is 0 Å². The molecule has 0 heteroatoms. The van der Waals surface area contributed by atoms with Crippen molar-refractivity contribution in [2.75, 3.05) is 0 Å². The second-order valence-electron chi connectivity index (χ2n) is 2.93. The molecule has 0 unspecified atom stereocenters. The molecular weight excluding hydrogens is 144 g/mol. The van der Waals surface area contributed by atoms with E-state index < -0.39 is 0 Å². The second kappa shape index (κ2) is 1.98. The van der Waals surface area contributed by atoms with Gasteiger partial charge in [-0.3, -0.25) is 0 Å². The molecule has 0 saturated carbocycles. The Bertz CT molecular complexity index is 341. The molecule has 0 fully saturated rings. The van der Waals surface area contributed by atoms with Crippen LogP contribution < -0.4 is 0 Å².